The zero-order chi connectivity index (χ0) is 25.1. The van der Waals surface area contributed by atoms with E-state index in [1.54, 1.807) is 30.9 Å². The highest BCUT2D eigenvalue weighted by molar-refractivity contribution is 7.99. The Labute approximate surface area is 210 Å². The second-order valence-corrected chi connectivity index (χ2v) is 9.94. The molecule has 2 amide bonds. The Kier molecular flexibility index (Phi) is 7.36. The molecular weight excluding hydrogens is 460 g/mol. The number of para-hydroxylation sites is 1. The number of carbonyl (C=O) groups excluding carboxylic acids is 2. The standard InChI is InChI=1S/C28H30N2O4S/c1-17-12-18(2)28(19(3)13-17)29-26(31)16-30-21-8-6-7-9-24(21)35-25(15-27(30)32)20-10-11-22(33-4)23(14-20)34-5/h6-14,25H,15-16H2,1-5H3,(H,29,31)/t25-/m1/s1. The van der Waals surface area contributed by atoms with Crippen molar-refractivity contribution in [1.82, 2.24) is 0 Å². The van der Waals surface area contributed by atoms with Gasteiger partial charge in [-0.2, -0.15) is 0 Å². The number of carbonyl (C=O) groups is 2. The van der Waals surface area contributed by atoms with E-state index in [2.05, 4.69) is 5.32 Å². The molecule has 0 saturated heterocycles. The summed E-state index contributed by atoms with van der Waals surface area (Å²) in [4.78, 5) is 29.1. The number of ether oxygens (including phenoxy) is 2. The maximum absolute atomic E-state index is 13.5. The van der Waals surface area contributed by atoms with Crippen LogP contribution in [0.2, 0.25) is 0 Å². The van der Waals surface area contributed by atoms with Crippen molar-refractivity contribution in [2.75, 3.05) is 31.0 Å². The minimum atomic E-state index is -0.224. The lowest BCUT2D eigenvalue weighted by atomic mass is 10.1. The summed E-state index contributed by atoms with van der Waals surface area (Å²) in [5.74, 6) is 0.935. The molecule has 0 spiro atoms. The molecule has 182 valence electrons. The molecule has 1 aliphatic rings. The molecule has 0 radical (unpaired) electrons. The number of anilines is 2. The molecule has 1 heterocycles. The molecule has 1 atom stereocenters. The molecule has 6 nitrogen and oxygen atoms in total. The topological polar surface area (TPSA) is 67.9 Å². The summed E-state index contributed by atoms with van der Waals surface area (Å²) in [6, 6.07) is 17.5. The van der Waals surface area contributed by atoms with Crippen LogP contribution >= 0.6 is 11.8 Å². The first-order valence-corrected chi connectivity index (χ1v) is 12.3. The van der Waals surface area contributed by atoms with E-state index in [-0.39, 0.29) is 30.0 Å². The molecule has 0 fully saturated rings. The lowest BCUT2D eigenvalue weighted by molar-refractivity contribution is -0.121. The van der Waals surface area contributed by atoms with Crippen molar-refractivity contribution < 1.29 is 19.1 Å². The van der Waals surface area contributed by atoms with E-state index in [0.717, 1.165) is 38.5 Å². The third-order valence-corrected chi connectivity index (χ3v) is 7.43. The number of hydrogen-bond donors (Lipinski definition) is 1. The van der Waals surface area contributed by atoms with E-state index >= 15 is 0 Å². The fourth-order valence-corrected chi connectivity index (χ4v) is 5.76. The van der Waals surface area contributed by atoms with Crippen LogP contribution in [0.25, 0.3) is 0 Å². The van der Waals surface area contributed by atoms with E-state index in [1.165, 1.54) is 0 Å². The Morgan fingerprint density at radius 3 is 2.37 bits per heavy atom. The molecule has 3 aromatic carbocycles. The molecule has 0 aromatic heterocycles. The number of rotatable bonds is 6. The van der Waals surface area contributed by atoms with Gasteiger partial charge in [-0.1, -0.05) is 35.9 Å². The number of methoxy groups -OCH3 is 2. The van der Waals surface area contributed by atoms with Crippen LogP contribution in [-0.4, -0.2) is 32.6 Å². The Hall–Kier alpha value is -3.45. The molecule has 0 saturated carbocycles. The lowest BCUT2D eigenvalue weighted by Crippen LogP contribution is -2.38. The van der Waals surface area contributed by atoms with Crippen molar-refractivity contribution >= 4 is 35.0 Å². The quantitative estimate of drug-likeness (QED) is 0.470. The number of amides is 2. The third kappa shape index (κ3) is 5.30. The first-order chi connectivity index (χ1) is 16.8. The number of benzene rings is 3. The van der Waals surface area contributed by atoms with E-state index in [0.29, 0.717) is 11.5 Å². The second kappa shape index (κ2) is 10.4. The van der Waals surface area contributed by atoms with Crippen LogP contribution in [0.4, 0.5) is 11.4 Å². The zero-order valence-electron chi connectivity index (χ0n) is 20.7. The van der Waals surface area contributed by atoms with Gasteiger partial charge >= 0.3 is 0 Å². The van der Waals surface area contributed by atoms with Crippen LogP contribution in [0.15, 0.2) is 59.5 Å². The zero-order valence-corrected chi connectivity index (χ0v) is 21.5. The van der Waals surface area contributed by atoms with Crippen molar-refractivity contribution in [2.24, 2.45) is 0 Å². The van der Waals surface area contributed by atoms with Crippen molar-refractivity contribution in [1.29, 1.82) is 0 Å². The highest BCUT2D eigenvalue weighted by Crippen LogP contribution is 2.46. The summed E-state index contributed by atoms with van der Waals surface area (Å²) < 4.78 is 10.8. The molecule has 0 aliphatic carbocycles. The minimum Gasteiger partial charge on any atom is -0.493 e. The monoisotopic (exact) mass is 490 g/mol. The van der Waals surface area contributed by atoms with Crippen molar-refractivity contribution in [3.05, 3.63) is 76.9 Å². The number of fused-ring (bicyclic) bond motifs is 1. The third-order valence-electron chi connectivity index (χ3n) is 6.11. The molecule has 35 heavy (non-hydrogen) atoms. The Morgan fingerprint density at radius 2 is 1.69 bits per heavy atom. The summed E-state index contributed by atoms with van der Waals surface area (Å²) in [5.41, 5.74) is 5.66. The Bertz CT molecular complexity index is 1250. The fraction of sp³-hybridized carbons (Fsp3) is 0.286. The van der Waals surface area contributed by atoms with Gasteiger partial charge in [-0.3, -0.25) is 9.59 Å². The van der Waals surface area contributed by atoms with Gasteiger partial charge < -0.3 is 19.7 Å². The smallest absolute Gasteiger partial charge is 0.244 e. The van der Waals surface area contributed by atoms with Gasteiger partial charge in [-0.25, -0.2) is 0 Å². The minimum absolute atomic E-state index is 0.0538. The van der Waals surface area contributed by atoms with E-state index < -0.39 is 0 Å². The highest BCUT2D eigenvalue weighted by Gasteiger charge is 2.31. The largest absolute Gasteiger partial charge is 0.493 e. The van der Waals surface area contributed by atoms with Crippen LogP contribution < -0.4 is 19.7 Å². The summed E-state index contributed by atoms with van der Waals surface area (Å²) in [6.45, 7) is 5.94. The van der Waals surface area contributed by atoms with Crippen LogP contribution in [0.3, 0.4) is 0 Å². The first-order valence-electron chi connectivity index (χ1n) is 11.5. The van der Waals surface area contributed by atoms with Gasteiger partial charge in [-0.15, -0.1) is 11.8 Å². The molecule has 4 rings (SSSR count). The molecule has 1 N–H and O–H groups in total. The summed E-state index contributed by atoms with van der Waals surface area (Å²) in [7, 11) is 3.19. The van der Waals surface area contributed by atoms with Gasteiger partial charge in [0.1, 0.15) is 6.54 Å². The average Bonchev–Trinajstić information content (AvgIpc) is 2.97. The van der Waals surface area contributed by atoms with Gasteiger partial charge in [0.2, 0.25) is 11.8 Å². The number of thioether (sulfide) groups is 1. The Morgan fingerprint density at radius 1 is 1.00 bits per heavy atom. The summed E-state index contributed by atoms with van der Waals surface area (Å²) >= 11 is 1.62. The van der Waals surface area contributed by atoms with Gasteiger partial charge in [0, 0.05) is 22.3 Å². The number of nitrogens with zero attached hydrogens (tertiary/aromatic N) is 1. The van der Waals surface area contributed by atoms with Gasteiger partial charge in [0.25, 0.3) is 0 Å². The second-order valence-electron chi connectivity index (χ2n) is 8.69. The van der Waals surface area contributed by atoms with Crippen LogP contribution in [0.5, 0.6) is 11.5 Å². The fourth-order valence-electron chi connectivity index (χ4n) is 4.49. The maximum atomic E-state index is 13.5. The molecule has 3 aromatic rings. The first kappa shape index (κ1) is 24.7. The van der Waals surface area contributed by atoms with Crippen LogP contribution in [-0.2, 0) is 9.59 Å². The predicted molar refractivity (Wildman–Crippen MR) is 141 cm³/mol. The number of aryl methyl sites for hydroxylation is 3. The molecule has 1 aliphatic heterocycles. The van der Waals surface area contributed by atoms with E-state index in [9.17, 15) is 9.59 Å². The highest BCUT2D eigenvalue weighted by atomic mass is 32.2. The van der Waals surface area contributed by atoms with E-state index in [1.807, 2.05) is 75.4 Å². The molecule has 7 heteroatoms. The molecular formula is C28H30N2O4S. The Balaban J connectivity index is 1.61. The van der Waals surface area contributed by atoms with Crippen LogP contribution in [0.1, 0.15) is 33.9 Å². The van der Waals surface area contributed by atoms with Gasteiger partial charge in [-0.05, 0) is 61.7 Å². The van der Waals surface area contributed by atoms with Crippen molar-refractivity contribution in [2.45, 2.75) is 37.3 Å². The lowest BCUT2D eigenvalue weighted by Gasteiger charge is -2.23. The maximum Gasteiger partial charge on any atom is 0.244 e. The van der Waals surface area contributed by atoms with Crippen molar-refractivity contribution in [3.63, 3.8) is 0 Å². The molecule has 0 unspecified atom stereocenters. The summed E-state index contributed by atoms with van der Waals surface area (Å²) in [5, 5.41) is 2.90. The van der Waals surface area contributed by atoms with Crippen molar-refractivity contribution in [3.8, 4) is 11.5 Å². The van der Waals surface area contributed by atoms with Crippen LogP contribution in [0, 0.1) is 20.8 Å². The normalized spacial score (nSPS) is 15.3. The average molecular weight is 491 g/mol. The van der Waals surface area contributed by atoms with Gasteiger partial charge in [0.15, 0.2) is 11.5 Å². The number of hydrogen-bond acceptors (Lipinski definition) is 5. The SMILES string of the molecule is COc1ccc([C@H]2CC(=O)N(CC(=O)Nc3c(C)cc(C)cc3C)c3ccccc3S2)cc1OC. The van der Waals surface area contributed by atoms with Gasteiger partial charge in [0.05, 0.1) is 19.9 Å². The number of nitrogens with one attached hydrogen (secondary N) is 1. The van der Waals surface area contributed by atoms with E-state index in [4.69, 9.17) is 9.47 Å². The summed E-state index contributed by atoms with van der Waals surface area (Å²) in [6.07, 6.45) is 0.255. The molecule has 0 bridgehead atoms. The predicted octanol–water partition coefficient (Wildman–Crippen LogP) is 5.84.